The lowest BCUT2D eigenvalue weighted by molar-refractivity contribution is -0.134. The number of rotatable bonds is 7. The first-order valence-electron chi connectivity index (χ1n) is 10.5. The van der Waals surface area contributed by atoms with Crippen LogP contribution in [0.5, 0.6) is 0 Å². The van der Waals surface area contributed by atoms with E-state index in [0.717, 1.165) is 18.7 Å². The van der Waals surface area contributed by atoms with Crippen molar-refractivity contribution >= 4 is 27.9 Å². The molecule has 1 aromatic carbocycles. The molecule has 1 amide bonds. The molecule has 194 valence electrons. The third kappa shape index (κ3) is 8.04. The molecule has 14 heteroatoms. The van der Waals surface area contributed by atoms with Crippen LogP contribution in [0.2, 0.25) is 0 Å². The minimum Gasteiger partial charge on any atom is -0.478 e. The minimum atomic E-state index is -3.31. The van der Waals surface area contributed by atoms with Crippen LogP contribution in [0.15, 0.2) is 24.3 Å². The lowest BCUT2D eigenvalue weighted by Crippen LogP contribution is -2.43. The summed E-state index contributed by atoms with van der Waals surface area (Å²) in [6.07, 6.45) is 2.79. The molecule has 3 atom stereocenters. The van der Waals surface area contributed by atoms with Crippen LogP contribution in [-0.4, -0.2) is 83.7 Å². The predicted octanol–water partition coefficient (Wildman–Crippen LogP) is 0.568. The van der Waals surface area contributed by atoms with Gasteiger partial charge in [0.05, 0.1) is 6.26 Å². The van der Waals surface area contributed by atoms with E-state index in [2.05, 4.69) is 0 Å². The second kappa shape index (κ2) is 11.6. The fourth-order valence-electron chi connectivity index (χ4n) is 4.06. The van der Waals surface area contributed by atoms with Crippen LogP contribution >= 0.6 is 0 Å². The van der Waals surface area contributed by atoms with Gasteiger partial charge in [-0.2, -0.15) is 4.31 Å². The molecule has 1 aromatic rings. The summed E-state index contributed by atoms with van der Waals surface area (Å²) in [5.74, 6) is -6.01. The van der Waals surface area contributed by atoms with E-state index in [4.69, 9.17) is 15.9 Å². The first kappa shape index (κ1) is 28.3. The summed E-state index contributed by atoms with van der Waals surface area (Å²) in [7, 11) is -3.31. The Hall–Kier alpha value is -2.97. The summed E-state index contributed by atoms with van der Waals surface area (Å²) in [5.41, 5.74) is 5.84. The van der Waals surface area contributed by atoms with Gasteiger partial charge in [0.25, 0.3) is 0 Å². The Morgan fingerprint density at radius 1 is 1.09 bits per heavy atom. The van der Waals surface area contributed by atoms with E-state index in [1.54, 1.807) is 4.90 Å². The van der Waals surface area contributed by atoms with Crippen molar-refractivity contribution in [2.24, 2.45) is 11.7 Å². The maximum Gasteiger partial charge on any atom is 0.328 e. The lowest BCUT2D eigenvalue weighted by atomic mass is 10.0. The summed E-state index contributed by atoms with van der Waals surface area (Å²) in [6, 6.07) is 0.271. The number of likely N-dealkylation sites (tertiary alicyclic amines) is 1. The number of fused-ring (bicyclic) bond motifs is 1. The number of halogens is 3. The Labute approximate surface area is 199 Å². The molecule has 2 fully saturated rings. The number of hydrogen-bond acceptors (Lipinski definition) is 6. The molecule has 3 rings (SSSR count). The molecule has 35 heavy (non-hydrogen) atoms. The van der Waals surface area contributed by atoms with Crippen molar-refractivity contribution in [2.75, 3.05) is 25.9 Å². The summed E-state index contributed by atoms with van der Waals surface area (Å²) >= 11 is 0. The van der Waals surface area contributed by atoms with Crippen molar-refractivity contribution in [3.8, 4) is 0 Å². The standard InChI is InChI=1S/C17H22F3N3O3S.C4H4O4/c1-27(25,26)22-8-10-2-3-23(16(10)9-22)17(24)6-12(21)4-11-5-14(19)15(20)7-13(11)18;5-3(6)1-2-4(7)8/h5,7,10,12,16H,2-4,6,8-9,21H2,1H3;1-2H,(H,5,6)(H,7,8)/t10-,12?,16+;/m0./s1. The topological polar surface area (TPSA) is 158 Å². The number of carbonyl (C=O) groups is 3. The maximum atomic E-state index is 13.7. The molecule has 10 nitrogen and oxygen atoms in total. The van der Waals surface area contributed by atoms with Crippen LogP contribution < -0.4 is 5.73 Å². The summed E-state index contributed by atoms with van der Waals surface area (Å²) in [6.45, 7) is 1.19. The average molecular weight is 522 g/mol. The average Bonchev–Trinajstić information content (AvgIpc) is 3.31. The Morgan fingerprint density at radius 2 is 1.66 bits per heavy atom. The van der Waals surface area contributed by atoms with Crippen LogP contribution in [0.4, 0.5) is 13.2 Å². The van der Waals surface area contributed by atoms with Crippen molar-refractivity contribution in [3.05, 3.63) is 47.3 Å². The monoisotopic (exact) mass is 521 g/mol. The van der Waals surface area contributed by atoms with Crippen molar-refractivity contribution < 1.29 is 46.2 Å². The van der Waals surface area contributed by atoms with E-state index in [-0.39, 0.29) is 42.8 Å². The SMILES string of the molecule is CS(=O)(=O)N1C[C@@H]2CCN(C(=O)CC(N)Cc3cc(F)c(F)cc3F)[C@@H]2C1.O=C(O)C=CC(=O)O. The Balaban J connectivity index is 0.000000466. The fraction of sp³-hybridized carbons (Fsp3) is 0.476. The number of carboxylic acid groups (broad SMARTS) is 2. The summed E-state index contributed by atoms with van der Waals surface area (Å²) < 4.78 is 64.8. The van der Waals surface area contributed by atoms with E-state index in [0.29, 0.717) is 31.3 Å². The van der Waals surface area contributed by atoms with Gasteiger partial charge in [-0.1, -0.05) is 0 Å². The summed E-state index contributed by atoms with van der Waals surface area (Å²) in [4.78, 5) is 33.3. The van der Waals surface area contributed by atoms with Gasteiger partial charge < -0.3 is 20.8 Å². The van der Waals surface area contributed by atoms with Gasteiger partial charge in [0.1, 0.15) is 5.82 Å². The highest BCUT2D eigenvalue weighted by atomic mass is 32.2. The number of carbonyl (C=O) groups excluding carboxylic acids is 1. The molecule has 4 N–H and O–H groups in total. The normalized spacial score (nSPS) is 20.9. The zero-order valence-electron chi connectivity index (χ0n) is 18.7. The van der Waals surface area contributed by atoms with Crippen molar-refractivity contribution in [1.82, 2.24) is 9.21 Å². The molecule has 0 radical (unpaired) electrons. The van der Waals surface area contributed by atoms with Crippen LogP contribution in [0, 0.1) is 23.4 Å². The lowest BCUT2D eigenvalue weighted by Gasteiger charge is -2.26. The molecule has 2 aliphatic heterocycles. The number of amides is 1. The Kier molecular flexibility index (Phi) is 9.40. The molecule has 0 saturated carbocycles. The Bertz CT molecular complexity index is 1100. The zero-order chi connectivity index (χ0) is 26.5. The molecular formula is C21H26F3N3O7S. The molecule has 2 aliphatic rings. The third-order valence-corrected chi connectivity index (χ3v) is 6.92. The number of nitrogens with zero attached hydrogens (tertiary/aromatic N) is 2. The van der Waals surface area contributed by atoms with Crippen LogP contribution in [0.1, 0.15) is 18.4 Å². The molecule has 0 aliphatic carbocycles. The number of sulfonamides is 1. The van der Waals surface area contributed by atoms with Gasteiger partial charge in [0.15, 0.2) is 11.6 Å². The van der Waals surface area contributed by atoms with Gasteiger partial charge in [0.2, 0.25) is 15.9 Å². The summed E-state index contributed by atoms with van der Waals surface area (Å²) in [5, 5.41) is 15.6. The van der Waals surface area contributed by atoms with Crippen LogP contribution in [-0.2, 0) is 30.8 Å². The van der Waals surface area contributed by atoms with E-state index < -0.39 is 45.5 Å². The highest BCUT2D eigenvalue weighted by Crippen LogP contribution is 2.33. The molecule has 0 spiro atoms. The van der Waals surface area contributed by atoms with E-state index >= 15 is 0 Å². The van der Waals surface area contributed by atoms with Crippen molar-refractivity contribution in [2.45, 2.75) is 31.3 Å². The van der Waals surface area contributed by atoms with Gasteiger partial charge in [0, 0.05) is 56.4 Å². The van der Waals surface area contributed by atoms with Gasteiger partial charge in [-0.15, -0.1) is 0 Å². The van der Waals surface area contributed by atoms with Gasteiger partial charge >= 0.3 is 11.9 Å². The second-order valence-electron chi connectivity index (χ2n) is 8.32. The Morgan fingerprint density at radius 3 is 2.20 bits per heavy atom. The molecule has 0 bridgehead atoms. The number of carboxylic acids is 2. The first-order chi connectivity index (χ1) is 16.2. The molecule has 0 aromatic heterocycles. The van der Waals surface area contributed by atoms with E-state index in [1.165, 1.54) is 4.31 Å². The largest absolute Gasteiger partial charge is 0.478 e. The number of nitrogens with two attached hydrogens (primary N) is 1. The minimum absolute atomic E-state index is 0.0828. The van der Waals surface area contributed by atoms with Crippen LogP contribution in [0.25, 0.3) is 0 Å². The van der Waals surface area contributed by atoms with Gasteiger partial charge in [-0.05, 0) is 30.4 Å². The molecule has 2 heterocycles. The number of benzene rings is 1. The first-order valence-corrected chi connectivity index (χ1v) is 12.3. The zero-order valence-corrected chi connectivity index (χ0v) is 19.6. The van der Waals surface area contributed by atoms with Gasteiger partial charge in [-0.3, -0.25) is 4.79 Å². The van der Waals surface area contributed by atoms with Crippen molar-refractivity contribution in [1.29, 1.82) is 0 Å². The number of hydrogen-bond donors (Lipinski definition) is 3. The maximum absolute atomic E-state index is 13.7. The highest BCUT2D eigenvalue weighted by Gasteiger charge is 2.45. The van der Waals surface area contributed by atoms with Crippen molar-refractivity contribution in [3.63, 3.8) is 0 Å². The highest BCUT2D eigenvalue weighted by molar-refractivity contribution is 7.88. The van der Waals surface area contributed by atoms with E-state index in [9.17, 15) is 36.0 Å². The van der Waals surface area contributed by atoms with E-state index in [1.807, 2.05) is 0 Å². The van der Waals surface area contributed by atoms with Crippen LogP contribution in [0.3, 0.4) is 0 Å². The quantitative estimate of drug-likeness (QED) is 0.347. The number of aliphatic carboxylic acids is 2. The van der Waals surface area contributed by atoms with Gasteiger partial charge in [-0.25, -0.2) is 31.2 Å². The predicted molar refractivity (Wildman–Crippen MR) is 117 cm³/mol. The second-order valence-corrected chi connectivity index (χ2v) is 10.3. The smallest absolute Gasteiger partial charge is 0.328 e. The third-order valence-electron chi connectivity index (χ3n) is 5.68. The molecular weight excluding hydrogens is 495 g/mol. The molecule has 2 saturated heterocycles. The fourth-order valence-corrected chi connectivity index (χ4v) is 4.95. The molecule has 1 unspecified atom stereocenters.